The van der Waals surface area contributed by atoms with Gasteiger partial charge in [0.25, 0.3) is 5.91 Å². The van der Waals surface area contributed by atoms with Gasteiger partial charge in [0.1, 0.15) is 5.75 Å². The smallest absolute Gasteiger partial charge is 0.253 e. The second kappa shape index (κ2) is 9.99. The van der Waals surface area contributed by atoms with E-state index in [0.717, 1.165) is 37.0 Å². The average molecular weight is 435 g/mol. The van der Waals surface area contributed by atoms with E-state index in [1.54, 1.807) is 19.2 Å². The first-order valence-electron chi connectivity index (χ1n) is 9.66. The third kappa shape index (κ3) is 5.43. The Morgan fingerprint density at radius 1 is 1.10 bits per heavy atom. The lowest BCUT2D eigenvalue weighted by Gasteiger charge is -2.30. The number of amides is 2. The van der Waals surface area contributed by atoms with Gasteiger partial charge in [-0.2, -0.15) is 0 Å². The first kappa shape index (κ1) is 21.5. The van der Waals surface area contributed by atoms with Crippen LogP contribution in [0.4, 0.5) is 0 Å². The van der Waals surface area contributed by atoms with E-state index in [9.17, 15) is 9.59 Å². The van der Waals surface area contributed by atoms with Gasteiger partial charge in [-0.1, -0.05) is 48.2 Å². The van der Waals surface area contributed by atoms with Gasteiger partial charge in [-0.05, 0) is 48.7 Å². The molecule has 0 saturated carbocycles. The molecular formula is C22H24Cl2N2O3. The molecule has 0 aromatic heterocycles. The number of hydrogen-bond acceptors (Lipinski definition) is 3. The molecule has 0 bridgehead atoms. The van der Waals surface area contributed by atoms with Gasteiger partial charge < -0.3 is 15.0 Å². The predicted molar refractivity (Wildman–Crippen MR) is 115 cm³/mol. The molecule has 154 valence electrons. The van der Waals surface area contributed by atoms with Gasteiger partial charge >= 0.3 is 0 Å². The number of carbonyl (C=O) groups is 2. The molecular weight excluding hydrogens is 411 g/mol. The van der Waals surface area contributed by atoms with E-state index in [0.29, 0.717) is 17.1 Å². The number of ether oxygens (including phenoxy) is 1. The van der Waals surface area contributed by atoms with Crippen LogP contribution in [0.25, 0.3) is 0 Å². The lowest BCUT2D eigenvalue weighted by Crippen LogP contribution is -2.42. The fourth-order valence-corrected chi connectivity index (χ4v) is 4.10. The number of nitrogens with zero attached hydrogens (tertiary/aromatic N) is 1. The van der Waals surface area contributed by atoms with E-state index in [2.05, 4.69) is 5.32 Å². The van der Waals surface area contributed by atoms with Crippen LogP contribution in [0.3, 0.4) is 0 Å². The van der Waals surface area contributed by atoms with E-state index in [-0.39, 0.29) is 23.5 Å². The van der Waals surface area contributed by atoms with Crippen molar-refractivity contribution in [2.75, 3.05) is 20.2 Å². The predicted octanol–water partition coefficient (Wildman–Crippen LogP) is 4.88. The quantitative estimate of drug-likeness (QED) is 0.729. The Balaban J connectivity index is 1.69. The van der Waals surface area contributed by atoms with Crippen LogP contribution in [-0.4, -0.2) is 36.9 Å². The molecule has 0 radical (unpaired) electrons. The maximum absolute atomic E-state index is 13.0. The normalized spacial score (nSPS) is 16.8. The van der Waals surface area contributed by atoms with Crippen molar-refractivity contribution in [2.24, 2.45) is 0 Å². The van der Waals surface area contributed by atoms with E-state index in [1.807, 2.05) is 29.2 Å². The molecule has 1 atom stereocenters. The van der Waals surface area contributed by atoms with Crippen LogP contribution in [0.1, 0.15) is 47.6 Å². The third-order valence-electron chi connectivity index (χ3n) is 5.15. The van der Waals surface area contributed by atoms with Crippen LogP contribution in [0.15, 0.2) is 42.5 Å². The van der Waals surface area contributed by atoms with Gasteiger partial charge in [0.2, 0.25) is 5.91 Å². The van der Waals surface area contributed by atoms with E-state index in [4.69, 9.17) is 27.9 Å². The molecule has 1 aliphatic rings. The maximum atomic E-state index is 13.0. The summed E-state index contributed by atoms with van der Waals surface area (Å²) in [5.74, 6) is 0.286. The molecule has 1 N–H and O–H groups in total. The molecule has 1 aliphatic heterocycles. The molecule has 29 heavy (non-hydrogen) atoms. The highest BCUT2D eigenvalue weighted by Crippen LogP contribution is 2.31. The minimum Gasteiger partial charge on any atom is -0.497 e. The summed E-state index contributed by atoms with van der Waals surface area (Å²) in [6.07, 6.45) is 4.00. The SMILES string of the molecule is COc1ccc([C@H]2CCCCCN2C(=O)CNC(=O)c2ccc(Cl)cc2Cl)cc1. The molecule has 1 fully saturated rings. The topological polar surface area (TPSA) is 58.6 Å². The Kier molecular flexibility index (Phi) is 7.40. The summed E-state index contributed by atoms with van der Waals surface area (Å²) >= 11 is 12.0. The van der Waals surface area contributed by atoms with Gasteiger partial charge in [0.15, 0.2) is 0 Å². The van der Waals surface area contributed by atoms with Crippen molar-refractivity contribution in [3.63, 3.8) is 0 Å². The van der Waals surface area contributed by atoms with Crippen molar-refractivity contribution < 1.29 is 14.3 Å². The number of nitrogens with one attached hydrogen (secondary N) is 1. The second-order valence-corrected chi connectivity index (χ2v) is 7.88. The van der Waals surface area contributed by atoms with Gasteiger partial charge in [-0.3, -0.25) is 9.59 Å². The zero-order chi connectivity index (χ0) is 20.8. The average Bonchev–Trinajstić information content (AvgIpc) is 2.98. The van der Waals surface area contributed by atoms with Crippen molar-refractivity contribution >= 4 is 35.0 Å². The first-order valence-corrected chi connectivity index (χ1v) is 10.4. The molecule has 1 heterocycles. The Bertz CT molecular complexity index is 871. The molecule has 3 rings (SSSR count). The summed E-state index contributed by atoms with van der Waals surface area (Å²) in [6.45, 7) is 0.595. The number of hydrogen-bond donors (Lipinski definition) is 1. The molecule has 7 heteroatoms. The lowest BCUT2D eigenvalue weighted by molar-refractivity contribution is -0.132. The summed E-state index contributed by atoms with van der Waals surface area (Å²) in [7, 11) is 1.63. The zero-order valence-electron chi connectivity index (χ0n) is 16.3. The fourth-order valence-electron chi connectivity index (χ4n) is 3.61. The van der Waals surface area contributed by atoms with E-state index < -0.39 is 5.91 Å². The number of benzene rings is 2. The van der Waals surface area contributed by atoms with Crippen molar-refractivity contribution in [1.82, 2.24) is 10.2 Å². The maximum Gasteiger partial charge on any atom is 0.253 e. The minimum atomic E-state index is -0.393. The van der Waals surface area contributed by atoms with Crippen molar-refractivity contribution in [3.8, 4) is 5.75 Å². The van der Waals surface area contributed by atoms with Gasteiger partial charge in [0, 0.05) is 11.6 Å². The van der Waals surface area contributed by atoms with Crippen molar-refractivity contribution in [1.29, 1.82) is 0 Å². The zero-order valence-corrected chi connectivity index (χ0v) is 17.8. The van der Waals surface area contributed by atoms with Gasteiger partial charge in [-0.15, -0.1) is 0 Å². The molecule has 0 unspecified atom stereocenters. The fraction of sp³-hybridized carbons (Fsp3) is 0.364. The Labute approximate surface area is 180 Å². The Hall–Kier alpha value is -2.24. The molecule has 5 nitrogen and oxygen atoms in total. The molecule has 1 saturated heterocycles. The van der Waals surface area contributed by atoms with Gasteiger partial charge in [-0.25, -0.2) is 0 Å². The summed E-state index contributed by atoms with van der Waals surface area (Å²) in [5.41, 5.74) is 1.37. The van der Waals surface area contributed by atoms with Gasteiger partial charge in [0.05, 0.1) is 30.3 Å². The summed E-state index contributed by atoms with van der Waals surface area (Å²) < 4.78 is 5.23. The second-order valence-electron chi connectivity index (χ2n) is 7.03. The molecule has 0 spiro atoms. The lowest BCUT2D eigenvalue weighted by atomic mass is 10.0. The van der Waals surface area contributed by atoms with Crippen LogP contribution in [0, 0.1) is 0 Å². The third-order valence-corrected chi connectivity index (χ3v) is 5.70. The Morgan fingerprint density at radius 2 is 1.86 bits per heavy atom. The molecule has 0 aliphatic carbocycles. The van der Waals surface area contributed by atoms with Crippen LogP contribution < -0.4 is 10.1 Å². The van der Waals surface area contributed by atoms with Crippen molar-refractivity contribution in [3.05, 3.63) is 63.6 Å². The highest BCUT2D eigenvalue weighted by atomic mass is 35.5. The highest BCUT2D eigenvalue weighted by Gasteiger charge is 2.27. The summed E-state index contributed by atoms with van der Waals surface area (Å²) in [6, 6.07) is 12.5. The van der Waals surface area contributed by atoms with Crippen LogP contribution in [-0.2, 0) is 4.79 Å². The van der Waals surface area contributed by atoms with Crippen LogP contribution in [0.2, 0.25) is 10.0 Å². The molecule has 2 aromatic carbocycles. The van der Waals surface area contributed by atoms with E-state index in [1.165, 1.54) is 6.07 Å². The number of methoxy groups -OCH3 is 1. The Morgan fingerprint density at radius 3 is 2.55 bits per heavy atom. The minimum absolute atomic E-state index is 0.00747. The number of carbonyl (C=O) groups excluding carboxylic acids is 2. The largest absolute Gasteiger partial charge is 0.497 e. The van der Waals surface area contributed by atoms with Crippen molar-refractivity contribution in [2.45, 2.75) is 31.7 Å². The summed E-state index contributed by atoms with van der Waals surface area (Å²) in [5, 5.41) is 3.40. The summed E-state index contributed by atoms with van der Waals surface area (Å²) in [4.78, 5) is 27.3. The number of rotatable bonds is 5. The van der Waals surface area contributed by atoms with Crippen LogP contribution in [0.5, 0.6) is 5.75 Å². The first-order chi connectivity index (χ1) is 14.0. The van der Waals surface area contributed by atoms with Crippen LogP contribution >= 0.6 is 23.2 Å². The number of likely N-dealkylation sites (tertiary alicyclic amines) is 1. The number of halogens is 2. The standard InChI is InChI=1S/C22H24Cl2N2O3/c1-29-17-9-6-15(7-10-17)20-5-3-2-4-12-26(20)21(27)14-25-22(28)18-11-8-16(23)13-19(18)24/h6-11,13,20H,2-5,12,14H2,1H3,(H,25,28)/t20-/m1/s1. The molecule has 2 amide bonds. The van der Waals surface area contributed by atoms with E-state index >= 15 is 0 Å². The molecule has 2 aromatic rings. The highest BCUT2D eigenvalue weighted by molar-refractivity contribution is 6.36. The monoisotopic (exact) mass is 434 g/mol.